The molecule has 0 bridgehead atoms. The molecule has 0 aliphatic rings. The summed E-state index contributed by atoms with van der Waals surface area (Å²) in [7, 11) is 1.96. The molecule has 0 radical (unpaired) electrons. The van der Waals surface area contributed by atoms with Crippen molar-refractivity contribution in [2.24, 2.45) is 12.9 Å². The minimum Gasteiger partial charge on any atom is -0.271 e. The third-order valence-electron chi connectivity index (χ3n) is 3.67. The van der Waals surface area contributed by atoms with Gasteiger partial charge in [0, 0.05) is 16.9 Å². The number of nitrogens with zero attached hydrogens (tertiary/aromatic N) is 2. The third kappa shape index (κ3) is 2.85. The van der Waals surface area contributed by atoms with Gasteiger partial charge in [0.25, 0.3) is 0 Å². The number of rotatable bonds is 4. The maximum absolute atomic E-state index is 5.77. The lowest BCUT2D eigenvalue weighted by Crippen LogP contribution is -2.30. The van der Waals surface area contributed by atoms with E-state index in [4.69, 9.17) is 5.84 Å². The number of halogens is 1. The van der Waals surface area contributed by atoms with Crippen molar-refractivity contribution in [3.63, 3.8) is 0 Å². The smallest absolute Gasteiger partial charge is 0.0889 e. The number of hydrogen-bond acceptors (Lipinski definition) is 3. The standard InChI is InChI=1S/C16H17BrN4/c1-21-15-5-3-2-4-13(15)16(20-21)14(19-18)10-11-6-8-12(17)9-7-11/h2-9,14,19H,10,18H2,1H3. The first-order valence-electron chi connectivity index (χ1n) is 6.81. The van der Waals surface area contributed by atoms with Crippen LogP contribution in [-0.4, -0.2) is 9.78 Å². The van der Waals surface area contributed by atoms with Crippen LogP contribution in [0, 0.1) is 0 Å². The second-order valence-corrected chi connectivity index (χ2v) is 5.99. The van der Waals surface area contributed by atoms with Crippen LogP contribution in [0.2, 0.25) is 0 Å². The van der Waals surface area contributed by atoms with Crippen LogP contribution in [0.3, 0.4) is 0 Å². The van der Waals surface area contributed by atoms with Gasteiger partial charge in [-0.25, -0.2) is 0 Å². The Morgan fingerprint density at radius 3 is 2.62 bits per heavy atom. The van der Waals surface area contributed by atoms with Crippen molar-refractivity contribution in [3.8, 4) is 0 Å². The Morgan fingerprint density at radius 1 is 1.19 bits per heavy atom. The quantitative estimate of drug-likeness (QED) is 0.564. The predicted octanol–water partition coefficient (Wildman–Crippen LogP) is 3.08. The van der Waals surface area contributed by atoms with Crippen molar-refractivity contribution in [1.29, 1.82) is 0 Å². The van der Waals surface area contributed by atoms with Gasteiger partial charge in [0.2, 0.25) is 0 Å². The van der Waals surface area contributed by atoms with E-state index in [-0.39, 0.29) is 6.04 Å². The molecule has 0 saturated heterocycles. The third-order valence-corrected chi connectivity index (χ3v) is 4.20. The Bertz CT molecular complexity index is 749. The van der Waals surface area contributed by atoms with Gasteiger partial charge in [0.05, 0.1) is 17.3 Å². The first-order chi connectivity index (χ1) is 10.2. The largest absolute Gasteiger partial charge is 0.271 e. The number of hydrogen-bond donors (Lipinski definition) is 2. The molecule has 108 valence electrons. The van der Waals surface area contributed by atoms with Crippen molar-refractivity contribution < 1.29 is 0 Å². The number of hydrazine groups is 1. The van der Waals surface area contributed by atoms with E-state index in [2.05, 4.69) is 50.7 Å². The monoisotopic (exact) mass is 344 g/mol. The molecule has 2 aromatic carbocycles. The topological polar surface area (TPSA) is 55.9 Å². The fourth-order valence-corrected chi connectivity index (χ4v) is 2.85. The summed E-state index contributed by atoms with van der Waals surface area (Å²) >= 11 is 3.45. The first kappa shape index (κ1) is 14.3. The van der Waals surface area contributed by atoms with Gasteiger partial charge in [0.15, 0.2) is 0 Å². The summed E-state index contributed by atoms with van der Waals surface area (Å²) in [5.74, 6) is 5.77. The molecule has 0 saturated carbocycles. The highest BCUT2D eigenvalue weighted by atomic mass is 79.9. The molecule has 0 aliphatic heterocycles. The number of nitrogens with two attached hydrogens (primary N) is 1. The number of para-hydroxylation sites is 1. The van der Waals surface area contributed by atoms with Gasteiger partial charge in [0.1, 0.15) is 0 Å². The van der Waals surface area contributed by atoms with Crippen LogP contribution in [0.15, 0.2) is 53.0 Å². The molecule has 3 rings (SSSR count). The van der Waals surface area contributed by atoms with Crippen molar-refractivity contribution in [1.82, 2.24) is 15.2 Å². The zero-order valence-electron chi connectivity index (χ0n) is 11.8. The Balaban J connectivity index is 1.96. The summed E-state index contributed by atoms with van der Waals surface area (Å²) in [6, 6.07) is 16.5. The second kappa shape index (κ2) is 5.97. The molecule has 1 aromatic heterocycles. The Morgan fingerprint density at radius 2 is 1.90 bits per heavy atom. The highest BCUT2D eigenvalue weighted by Gasteiger charge is 2.18. The first-order valence-corrected chi connectivity index (χ1v) is 7.60. The molecule has 1 unspecified atom stereocenters. The molecule has 0 fully saturated rings. The average Bonchev–Trinajstić information content (AvgIpc) is 2.84. The molecule has 0 amide bonds. The van der Waals surface area contributed by atoms with Gasteiger partial charge >= 0.3 is 0 Å². The maximum Gasteiger partial charge on any atom is 0.0889 e. The number of benzene rings is 2. The number of aryl methyl sites for hydroxylation is 1. The van der Waals surface area contributed by atoms with E-state index in [9.17, 15) is 0 Å². The van der Waals surface area contributed by atoms with Gasteiger partial charge in [-0.3, -0.25) is 16.0 Å². The lowest BCUT2D eigenvalue weighted by molar-refractivity contribution is 0.532. The van der Waals surface area contributed by atoms with Gasteiger partial charge in [-0.1, -0.05) is 46.3 Å². The summed E-state index contributed by atoms with van der Waals surface area (Å²) in [5.41, 5.74) is 6.22. The lowest BCUT2D eigenvalue weighted by Gasteiger charge is -2.14. The number of nitrogens with one attached hydrogen (secondary N) is 1. The van der Waals surface area contributed by atoms with Gasteiger partial charge < -0.3 is 0 Å². The zero-order valence-corrected chi connectivity index (χ0v) is 13.3. The van der Waals surface area contributed by atoms with Crippen molar-refractivity contribution in [3.05, 3.63) is 64.3 Å². The van der Waals surface area contributed by atoms with E-state index in [1.54, 1.807) is 0 Å². The summed E-state index contributed by atoms with van der Waals surface area (Å²) in [4.78, 5) is 0. The minimum atomic E-state index is -0.0164. The van der Waals surface area contributed by atoms with Crippen molar-refractivity contribution in [2.45, 2.75) is 12.5 Å². The Labute approximate surface area is 132 Å². The molecule has 1 atom stereocenters. The van der Waals surface area contributed by atoms with Crippen molar-refractivity contribution >= 4 is 26.8 Å². The molecule has 3 aromatic rings. The molecule has 0 aliphatic carbocycles. The van der Waals surface area contributed by atoms with Gasteiger partial charge in [-0.05, 0) is 30.2 Å². The van der Waals surface area contributed by atoms with Crippen LogP contribution in [0.5, 0.6) is 0 Å². The fourth-order valence-electron chi connectivity index (χ4n) is 2.59. The summed E-state index contributed by atoms with van der Waals surface area (Å²) in [6.45, 7) is 0. The van der Waals surface area contributed by atoms with E-state index in [0.29, 0.717) is 0 Å². The number of fused-ring (bicyclic) bond motifs is 1. The zero-order chi connectivity index (χ0) is 14.8. The summed E-state index contributed by atoms with van der Waals surface area (Å²) in [6.07, 6.45) is 0.796. The van der Waals surface area contributed by atoms with Gasteiger partial charge in [-0.2, -0.15) is 5.10 Å². The van der Waals surface area contributed by atoms with Crippen LogP contribution in [0.25, 0.3) is 10.9 Å². The predicted molar refractivity (Wildman–Crippen MR) is 88.6 cm³/mol. The highest BCUT2D eigenvalue weighted by molar-refractivity contribution is 9.10. The van der Waals surface area contributed by atoms with Crippen molar-refractivity contribution in [2.75, 3.05) is 0 Å². The molecular weight excluding hydrogens is 328 g/mol. The van der Waals surface area contributed by atoms with Crippen LogP contribution in [0.1, 0.15) is 17.3 Å². The molecule has 1 heterocycles. The molecule has 5 heteroatoms. The van der Waals surface area contributed by atoms with E-state index in [0.717, 1.165) is 27.5 Å². The normalized spacial score (nSPS) is 12.7. The summed E-state index contributed by atoms with van der Waals surface area (Å²) < 4.78 is 2.98. The second-order valence-electron chi connectivity index (χ2n) is 5.08. The van der Waals surface area contributed by atoms with Crippen LogP contribution in [0.4, 0.5) is 0 Å². The molecule has 3 N–H and O–H groups in total. The number of aromatic nitrogens is 2. The molecular formula is C16H17BrN4. The maximum atomic E-state index is 5.77. The average molecular weight is 345 g/mol. The summed E-state index contributed by atoms with van der Waals surface area (Å²) in [5, 5.41) is 5.78. The van der Waals surface area contributed by atoms with E-state index in [1.807, 2.05) is 36.0 Å². The minimum absolute atomic E-state index is 0.0164. The Kier molecular flexibility index (Phi) is 4.05. The van der Waals surface area contributed by atoms with Crippen LogP contribution >= 0.6 is 15.9 Å². The fraction of sp³-hybridized carbons (Fsp3) is 0.188. The van der Waals surface area contributed by atoms with Crippen LogP contribution < -0.4 is 11.3 Å². The highest BCUT2D eigenvalue weighted by Crippen LogP contribution is 2.25. The van der Waals surface area contributed by atoms with E-state index < -0.39 is 0 Å². The molecule has 4 nitrogen and oxygen atoms in total. The van der Waals surface area contributed by atoms with Gasteiger partial charge in [-0.15, -0.1) is 0 Å². The molecule has 21 heavy (non-hydrogen) atoms. The van der Waals surface area contributed by atoms with E-state index >= 15 is 0 Å². The van der Waals surface area contributed by atoms with Crippen LogP contribution in [-0.2, 0) is 13.5 Å². The Hall–Kier alpha value is -1.69. The lowest BCUT2D eigenvalue weighted by atomic mass is 10.0. The SMILES string of the molecule is Cn1nc(C(Cc2ccc(Br)cc2)NN)c2ccccc21. The molecule has 0 spiro atoms. The van der Waals surface area contributed by atoms with E-state index in [1.165, 1.54) is 5.56 Å².